The van der Waals surface area contributed by atoms with Crippen molar-refractivity contribution in [1.82, 2.24) is 4.67 Å². The third-order valence-corrected chi connectivity index (χ3v) is 8.04. The summed E-state index contributed by atoms with van der Waals surface area (Å²) in [6.45, 7) is 2.31. The molecule has 2 atom stereocenters. The third-order valence-electron chi connectivity index (χ3n) is 5.41. The molecule has 0 saturated carbocycles. The fourth-order valence-electron chi connectivity index (χ4n) is 4.18. The van der Waals surface area contributed by atoms with Crippen molar-refractivity contribution in [3.8, 4) is 0 Å². The van der Waals surface area contributed by atoms with Crippen LogP contribution in [0, 0.1) is 0 Å². The summed E-state index contributed by atoms with van der Waals surface area (Å²) in [6, 6.07) is 33.3. The molecule has 0 bridgehead atoms. The number of benzene rings is 3. The highest BCUT2D eigenvalue weighted by molar-refractivity contribution is 7.59. The minimum Gasteiger partial charge on any atom is -0.319 e. The van der Waals surface area contributed by atoms with Gasteiger partial charge in [0.2, 0.25) is 0 Å². The van der Waals surface area contributed by atoms with Gasteiger partial charge in [0.25, 0.3) is 0 Å². The SMILES string of the molecule is c1ccc(N2C[C@@H]3CCCN3P2N(c2ccccc2)c2ccccc2)cc1. The van der Waals surface area contributed by atoms with Crippen molar-refractivity contribution < 1.29 is 0 Å². The molecule has 3 nitrogen and oxygen atoms in total. The Labute approximate surface area is 162 Å². The summed E-state index contributed by atoms with van der Waals surface area (Å²) in [5.41, 5.74) is 3.86. The topological polar surface area (TPSA) is 9.72 Å². The second-order valence-electron chi connectivity index (χ2n) is 7.13. The Morgan fingerprint density at radius 2 is 1.30 bits per heavy atom. The molecule has 0 radical (unpaired) electrons. The van der Waals surface area contributed by atoms with E-state index in [1.54, 1.807) is 0 Å². The number of fused-ring (bicyclic) bond motifs is 1. The van der Waals surface area contributed by atoms with Crippen LogP contribution in [0.25, 0.3) is 0 Å². The van der Waals surface area contributed by atoms with E-state index >= 15 is 0 Å². The number of para-hydroxylation sites is 3. The van der Waals surface area contributed by atoms with Crippen LogP contribution >= 0.6 is 8.37 Å². The van der Waals surface area contributed by atoms with Crippen LogP contribution in [0.4, 0.5) is 17.1 Å². The summed E-state index contributed by atoms with van der Waals surface area (Å²) in [5, 5.41) is 0. The van der Waals surface area contributed by atoms with E-state index in [1.165, 1.54) is 36.4 Å². The standard InChI is InChI=1S/C23H24N3P/c1-4-11-20(12-5-1)25-19-23-17-10-18-24(23)27(25)26(21-13-6-2-7-14-21)22-15-8-3-9-16-22/h1-9,11-16,23H,10,17-19H2/t23-,27?/m0/s1. The molecular formula is C23H24N3P. The normalized spacial score (nSPS) is 22.0. The van der Waals surface area contributed by atoms with Gasteiger partial charge >= 0.3 is 0 Å². The van der Waals surface area contributed by atoms with E-state index in [0.29, 0.717) is 6.04 Å². The predicted molar refractivity (Wildman–Crippen MR) is 115 cm³/mol. The van der Waals surface area contributed by atoms with Crippen LogP contribution in [0.5, 0.6) is 0 Å². The van der Waals surface area contributed by atoms with Crippen LogP contribution in [0.2, 0.25) is 0 Å². The number of rotatable bonds is 4. The van der Waals surface area contributed by atoms with Crippen molar-refractivity contribution in [3.05, 3.63) is 91.0 Å². The molecule has 136 valence electrons. The van der Waals surface area contributed by atoms with Crippen molar-refractivity contribution in [2.24, 2.45) is 0 Å². The Hall–Kier alpha value is -2.35. The van der Waals surface area contributed by atoms with Gasteiger partial charge in [0, 0.05) is 36.2 Å². The highest BCUT2D eigenvalue weighted by atomic mass is 31.2. The molecule has 0 N–H and O–H groups in total. The second-order valence-corrected chi connectivity index (χ2v) is 9.06. The molecule has 0 aliphatic carbocycles. The Morgan fingerprint density at radius 3 is 1.89 bits per heavy atom. The fourth-order valence-corrected chi connectivity index (χ4v) is 7.06. The Kier molecular flexibility index (Phi) is 4.57. The Bertz CT molecular complexity index is 832. The molecule has 2 aliphatic rings. The van der Waals surface area contributed by atoms with Crippen molar-refractivity contribution in [3.63, 3.8) is 0 Å². The average Bonchev–Trinajstić information content (AvgIpc) is 3.33. The van der Waals surface area contributed by atoms with Crippen molar-refractivity contribution in [1.29, 1.82) is 0 Å². The summed E-state index contributed by atoms with van der Waals surface area (Å²) in [7, 11) is -0.641. The van der Waals surface area contributed by atoms with Crippen LogP contribution in [-0.2, 0) is 0 Å². The molecule has 3 aromatic carbocycles. The summed E-state index contributed by atoms with van der Waals surface area (Å²) in [4.78, 5) is 0. The first kappa shape index (κ1) is 16.8. The zero-order valence-electron chi connectivity index (χ0n) is 15.4. The monoisotopic (exact) mass is 373 g/mol. The van der Waals surface area contributed by atoms with Gasteiger partial charge in [-0.2, -0.15) is 0 Å². The van der Waals surface area contributed by atoms with E-state index in [1.807, 2.05) is 0 Å². The largest absolute Gasteiger partial charge is 0.319 e. The van der Waals surface area contributed by atoms with Crippen molar-refractivity contribution >= 4 is 25.4 Å². The summed E-state index contributed by atoms with van der Waals surface area (Å²) in [5.74, 6) is 0. The van der Waals surface area contributed by atoms with Gasteiger partial charge in [0.1, 0.15) is 0 Å². The quantitative estimate of drug-likeness (QED) is 0.517. The van der Waals surface area contributed by atoms with Gasteiger partial charge < -0.3 is 4.67 Å². The molecule has 2 aliphatic heterocycles. The van der Waals surface area contributed by atoms with E-state index in [4.69, 9.17) is 0 Å². The van der Waals surface area contributed by atoms with Crippen molar-refractivity contribution in [2.45, 2.75) is 18.9 Å². The van der Waals surface area contributed by atoms with Gasteiger partial charge in [-0.15, -0.1) is 0 Å². The second kappa shape index (κ2) is 7.34. The maximum Gasteiger partial charge on any atom is 0.183 e. The van der Waals surface area contributed by atoms with Crippen molar-refractivity contribution in [2.75, 3.05) is 22.4 Å². The van der Waals surface area contributed by atoms with Crippen LogP contribution in [0.15, 0.2) is 91.0 Å². The molecule has 0 spiro atoms. The van der Waals surface area contributed by atoms with Gasteiger partial charge in [0.05, 0.1) is 0 Å². The maximum absolute atomic E-state index is 2.75. The average molecular weight is 373 g/mol. The summed E-state index contributed by atoms with van der Waals surface area (Å²) < 4.78 is 7.95. The maximum atomic E-state index is 2.75. The molecular weight excluding hydrogens is 349 g/mol. The summed E-state index contributed by atoms with van der Waals surface area (Å²) in [6.07, 6.45) is 2.61. The Balaban J connectivity index is 1.63. The molecule has 2 heterocycles. The van der Waals surface area contributed by atoms with E-state index < -0.39 is 8.37 Å². The molecule has 1 unspecified atom stereocenters. The molecule has 3 aromatic rings. The van der Waals surface area contributed by atoms with Gasteiger partial charge in [-0.3, -0.25) is 4.67 Å². The van der Waals surface area contributed by atoms with Crippen LogP contribution in [0.1, 0.15) is 12.8 Å². The number of anilines is 3. The molecule has 2 saturated heterocycles. The molecule has 5 rings (SSSR count). The lowest BCUT2D eigenvalue weighted by molar-refractivity contribution is 0.465. The van der Waals surface area contributed by atoms with Crippen LogP contribution in [0.3, 0.4) is 0 Å². The first-order chi connectivity index (χ1) is 13.4. The molecule has 0 amide bonds. The predicted octanol–water partition coefficient (Wildman–Crippen LogP) is 6.04. The molecule has 0 aromatic heterocycles. The van der Waals surface area contributed by atoms with Gasteiger partial charge in [-0.25, -0.2) is 4.67 Å². The zero-order chi connectivity index (χ0) is 18.1. The van der Waals surface area contributed by atoms with E-state index in [0.717, 1.165) is 6.54 Å². The molecule has 27 heavy (non-hydrogen) atoms. The number of hydrogen-bond acceptors (Lipinski definition) is 3. The molecule has 4 heteroatoms. The minimum absolute atomic E-state index is 0.641. The number of hydrogen-bond donors (Lipinski definition) is 0. The first-order valence-electron chi connectivity index (χ1n) is 9.71. The zero-order valence-corrected chi connectivity index (χ0v) is 16.2. The van der Waals surface area contributed by atoms with Gasteiger partial charge in [-0.1, -0.05) is 54.6 Å². The Morgan fingerprint density at radius 1 is 0.741 bits per heavy atom. The van der Waals surface area contributed by atoms with E-state index in [-0.39, 0.29) is 0 Å². The van der Waals surface area contributed by atoms with E-state index in [2.05, 4.69) is 105 Å². The van der Waals surface area contributed by atoms with Gasteiger partial charge in [0.15, 0.2) is 8.37 Å². The van der Waals surface area contributed by atoms with E-state index in [9.17, 15) is 0 Å². The molecule has 2 fully saturated rings. The first-order valence-corrected chi connectivity index (χ1v) is 10.9. The minimum atomic E-state index is -0.641. The highest BCUT2D eigenvalue weighted by Crippen LogP contribution is 2.61. The smallest absolute Gasteiger partial charge is 0.183 e. The number of nitrogens with zero attached hydrogens (tertiary/aromatic N) is 3. The van der Waals surface area contributed by atoms with Crippen LogP contribution in [-0.4, -0.2) is 23.8 Å². The third kappa shape index (κ3) is 3.12. The lowest BCUT2D eigenvalue weighted by Gasteiger charge is -2.40. The summed E-state index contributed by atoms with van der Waals surface area (Å²) >= 11 is 0. The highest BCUT2D eigenvalue weighted by Gasteiger charge is 2.46. The van der Waals surface area contributed by atoms with Crippen LogP contribution < -0.4 is 9.34 Å². The fraction of sp³-hybridized carbons (Fsp3) is 0.217. The lowest BCUT2D eigenvalue weighted by atomic mass is 10.2. The lowest BCUT2D eigenvalue weighted by Crippen LogP contribution is -2.27. The van der Waals surface area contributed by atoms with Gasteiger partial charge in [-0.05, 0) is 49.2 Å².